The van der Waals surface area contributed by atoms with Gasteiger partial charge >= 0.3 is 0 Å². The highest BCUT2D eigenvalue weighted by Gasteiger charge is 2.14. The van der Waals surface area contributed by atoms with Crippen LogP contribution < -0.4 is 10.2 Å². The van der Waals surface area contributed by atoms with E-state index in [1.807, 2.05) is 0 Å². The highest BCUT2D eigenvalue weighted by molar-refractivity contribution is 5.55. The van der Waals surface area contributed by atoms with E-state index < -0.39 is 0 Å². The number of rotatable bonds is 7. The average molecular weight is 248 g/mol. The second-order valence-corrected chi connectivity index (χ2v) is 4.82. The van der Waals surface area contributed by atoms with Crippen LogP contribution in [0.1, 0.15) is 18.4 Å². The van der Waals surface area contributed by atoms with Crippen LogP contribution in [0.5, 0.6) is 0 Å². The fraction of sp³-hybridized carbons (Fsp3) is 0.600. The van der Waals surface area contributed by atoms with Crippen molar-refractivity contribution in [1.29, 1.82) is 0 Å². The minimum atomic E-state index is 0.847. The van der Waals surface area contributed by atoms with Gasteiger partial charge in [-0.2, -0.15) is 0 Å². The number of nitrogens with zero attached hydrogens (tertiary/aromatic N) is 1. The molecule has 2 rings (SSSR count). The Kier molecular flexibility index (Phi) is 5.49. The molecular formula is C15H24N2O. The molecule has 0 unspecified atom stereocenters. The normalized spacial score (nSPS) is 14.6. The lowest BCUT2D eigenvalue weighted by molar-refractivity contribution is 0.194. The zero-order valence-electron chi connectivity index (χ0n) is 11.3. The van der Waals surface area contributed by atoms with Gasteiger partial charge in [0, 0.05) is 39.0 Å². The first kappa shape index (κ1) is 13.4. The molecule has 1 aliphatic heterocycles. The Bertz CT molecular complexity index is 354. The summed E-state index contributed by atoms with van der Waals surface area (Å²) in [5.74, 6) is 0. The van der Waals surface area contributed by atoms with E-state index in [-0.39, 0.29) is 0 Å². The van der Waals surface area contributed by atoms with Gasteiger partial charge in [-0.15, -0.1) is 0 Å². The zero-order valence-corrected chi connectivity index (χ0v) is 11.3. The van der Waals surface area contributed by atoms with Crippen LogP contribution in [0.15, 0.2) is 24.3 Å². The van der Waals surface area contributed by atoms with Gasteiger partial charge in [0.25, 0.3) is 0 Å². The molecule has 3 heteroatoms. The van der Waals surface area contributed by atoms with Crippen LogP contribution in [0.25, 0.3) is 0 Å². The Balaban J connectivity index is 1.74. The number of fused-ring (bicyclic) bond motifs is 1. The van der Waals surface area contributed by atoms with Crippen LogP contribution in [0.2, 0.25) is 0 Å². The van der Waals surface area contributed by atoms with Gasteiger partial charge in [0.1, 0.15) is 0 Å². The summed E-state index contributed by atoms with van der Waals surface area (Å²) >= 11 is 0. The summed E-state index contributed by atoms with van der Waals surface area (Å²) in [6.45, 7) is 5.24. The summed E-state index contributed by atoms with van der Waals surface area (Å²) in [5.41, 5.74) is 2.94. The highest BCUT2D eigenvalue weighted by atomic mass is 16.5. The largest absolute Gasteiger partial charge is 0.385 e. The number of anilines is 1. The van der Waals surface area contributed by atoms with Gasteiger partial charge in [-0.3, -0.25) is 0 Å². The lowest BCUT2D eigenvalue weighted by Crippen LogP contribution is -2.36. The molecule has 0 amide bonds. The summed E-state index contributed by atoms with van der Waals surface area (Å²) < 4.78 is 5.03. The number of aryl methyl sites for hydroxylation is 1. The first-order chi connectivity index (χ1) is 8.92. The Morgan fingerprint density at radius 1 is 1.28 bits per heavy atom. The van der Waals surface area contributed by atoms with Crippen molar-refractivity contribution in [2.75, 3.05) is 44.8 Å². The van der Waals surface area contributed by atoms with Crippen molar-refractivity contribution in [2.24, 2.45) is 0 Å². The summed E-state index contributed by atoms with van der Waals surface area (Å²) in [4.78, 5) is 2.50. The van der Waals surface area contributed by atoms with Gasteiger partial charge in [-0.05, 0) is 37.4 Å². The number of nitrogens with one attached hydrogen (secondary N) is 1. The SMILES string of the molecule is COCCCNCCN1CCCc2ccccc21. The van der Waals surface area contributed by atoms with Crippen molar-refractivity contribution in [3.8, 4) is 0 Å². The molecule has 1 aromatic rings. The standard InChI is InChI=1S/C15H24N2O/c1-18-13-5-9-16-10-12-17-11-4-7-14-6-2-3-8-15(14)17/h2-3,6,8,16H,4-5,7,9-13H2,1H3. The van der Waals surface area contributed by atoms with Gasteiger partial charge in [0.05, 0.1) is 0 Å². The molecule has 3 nitrogen and oxygen atoms in total. The number of benzene rings is 1. The molecule has 1 aromatic carbocycles. The fourth-order valence-electron chi connectivity index (χ4n) is 2.52. The van der Waals surface area contributed by atoms with Crippen LogP contribution in [0, 0.1) is 0 Å². The molecule has 0 atom stereocenters. The summed E-state index contributed by atoms with van der Waals surface area (Å²) in [6.07, 6.45) is 3.60. The highest BCUT2D eigenvalue weighted by Crippen LogP contribution is 2.25. The lowest BCUT2D eigenvalue weighted by atomic mass is 10.0. The van der Waals surface area contributed by atoms with Crippen LogP contribution in [-0.4, -0.2) is 39.9 Å². The lowest BCUT2D eigenvalue weighted by Gasteiger charge is -2.31. The molecule has 1 aliphatic rings. The molecule has 0 bridgehead atoms. The molecular weight excluding hydrogens is 224 g/mol. The number of ether oxygens (including phenoxy) is 1. The average Bonchev–Trinajstić information content (AvgIpc) is 2.43. The second-order valence-electron chi connectivity index (χ2n) is 4.82. The van der Waals surface area contributed by atoms with E-state index in [1.165, 1.54) is 30.6 Å². The van der Waals surface area contributed by atoms with Gasteiger partial charge in [0.15, 0.2) is 0 Å². The molecule has 0 spiro atoms. The van der Waals surface area contributed by atoms with E-state index in [1.54, 1.807) is 7.11 Å². The summed E-state index contributed by atoms with van der Waals surface area (Å²) in [7, 11) is 1.75. The molecule has 1 heterocycles. The van der Waals surface area contributed by atoms with Gasteiger partial charge in [0.2, 0.25) is 0 Å². The van der Waals surface area contributed by atoms with Crippen molar-refractivity contribution >= 4 is 5.69 Å². The predicted molar refractivity (Wildman–Crippen MR) is 76.3 cm³/mol. The Morgan fingerprint density at radius 3 is 3.06 bits per heavy atom. The van der Waals surface area contributed by atoms with Crippen LogP contribution in [-0.2, 0) is 11.2 Å². The van der Waals surface area contributed by atoms with Crippen LogP contribution in [0.3, 0.4) is 0 Å². The Morgan fingerprint density at radius 2 is 2.17 bits per heavy atom. The van der Waals surface area contributed by atoms with E-state index in [2.05, 4.69) is 34.5 Å². The van der Waals surface area contributed by atoms with E-state index in [9.17, 15) is 0 Å². The van der Waals surface area contributed by atoms with Crippen LogP contribution in [0.4, 0.5) is 5.69 Å². The van der Waals surface area contributed by atoms with Crippen molar-refractivity contribution < 1.29 is 4.74 Å². The van der Waals surface area contributed by atoms with E-state index >= 15 is 0 Å². The topological polar surface area (TPSA) is 24.5 Å². The molecule has 0 radical (unpaired) electrons. The Labute approximate surface area is 110 Å². The molecule has 0 fully saturated rings. The molecule has 18 heavy (non-hydrogen) atoms. The van der Waals surface area contributed by atoms with Gasteiger partial charge in [-0.1, -0.05) is 18.2 Å². The predicted octanol–water partition coefficient (Wildman–Crippen LogP) is 2.07. The number of hydrogen-bond acceptors (Lipinski definition) is 3. The third-order valence-electron chi connectivity index (χ3n) is 3.47. The van der Waals surface area contributed by atoms with Crippen molar-refractivity contribution in [2.45, 2.75) is 19.3 Å². The van der Waals surface area contributed by atoms with E-state index in [0.717, 1.165) is 32.7 Å². The van der Waals surface area contributed by atoms with Gasteiger partial charge in [-0.25, -0.2) is 0 Å². The second kappa shape index (κ2) is 7.39. The third-order valence-corrected chi connectivity index (χ3v) is 3.47. The molecule has 1 N–H and O–H groups in total. The quantitative estimate of drug-likeness (QED) is 0.748. The molecule has 0 saturated heterocycles. The molecule has 0 saturated carbocycles. The van der Waals surface area contributed by atoms with Gasteiger partial charge < -0.3 is 15.0 Å². The molecule has 0 aromatic heterocycles. The van der Waals surface area contributed by atoms with Crippen LogP contribution >= 0.6 is 0 Å². The summed E-state index contributed by atoms with van der Waals surface area (Å²) in [6, 6.07) is 8.79. The minimum absolute atomic E-state index is 0.847. The first-order valence-electron chi connectivity index (χ1n) is 6.94. The van der Waals surface area contributed by atoms with E-state index in [4.69, 9.17) is 4.74 Å². The maximum absolute atomic E-state index is 5.03. The van der Waals surface area contributed by atoms with Crippen molar-refractivity contribution in [3.05, 3.63) is 29.8 Å². The summed E-state index contributed by atoms with van der Waals surface area (Å²) in [5, 5.41) is 3.48. The Hall–Kier alpha value is -1.06. The maximum Gasteiger partial charge on any atom is 0.0474 e. The van der Waals surface area contributed by atoms with Crippen molar-refractivity contribution in [3.63, 3.8) is 0 Å². The van der Waals surface area contributed by atoms with E-state index in [0.29, 0.717) is 0 Å². The minimum Gasteiger partial charge on any atom is -0.385 e. The number of hydrogen-bond donors (Lipinski definition) is 1. The first-order valence-corrected chi connectivity index (χ1v) is 6.94. The zero-order chi connectivity index (χ0) is 12.6. The number of methoxy groups -OCH3 is 1. The smallest absolute Gasteiger partial charge is 0.0474 e. The maximum atomic E-state index is 5.03. The molecule has 0 aliphatic carbocycles. The third kappa shape index (κ3) is 3.72. The fourth-order valence-corrected chi connectivity index (χ4v) is 2.52. The van der Waals surface area contributed by atoms with Crippen molar-refractivity contribution in [1.82, 2.24) is 5.32 Å². The number of para-hydroxylation sites is 1. The molecule has 100 valence electrons. The monoisotopic (exact) mass is 248 g/mol.